The Morgan fingerprint density at radius 2 is 2.13 bits per heavy atom. The molecule has 0 unspecified atom stereocenters. The Bertz CT molecular complexity index is 1410. The number of rotatable bonds is 7. The summed E-state index contributed by atoms with van der Waals surface area (Å²) in [4.78, 5) is 23.8. The molecular formula is C26H38FN9O3. The number of benzene rings is 1. The molecule has 39 heavy (non-hydrogen) atoms. The monoisotopic (exact) mass is 543 g/mol. The van der Waals surface area contributed by atoms with Crippen LogP contribution in [0.15, 0.2) is 29.2 Å². The van der Waals surface area contributed by atoms with Crippen LogP contribution in [-0.4, -0.2) is 78.1 Å². The van der Waals surface area contributed by atoms with Gasteiger partial charge in [0, 0.05) is 39.6 Å². The molecule has 13 heteroatoms. The Morgan fingerprint density at radius 1 is 1.26 bits per heavy atom. The predicted molar refractivity (Wildman–Crippen MR) is 146 cm³/mol. The Balaban J connectivity index is 0.00000194. The molecule has 3 aliphatic heterocycles. The molecule has 6 rings (SSSR count). The highest BCUT2D eigenvalue weighted by atomic mass is 19.1. The minimum Gasteiger partial charge on any atom is -0.486 e. The molecule has 2 aromatic heterocycles. The van der Waals surface area contributed by atoms with Gasteiger partial charge in [-0.05, 0) is 74.7 Å². The number of hydrogen-bond acceptors (Lipinski definition) is 10. The molecule has 0 radical (unpaired) electrons. The molecule has 2 N–H and O–H groups in total. The summed E-state index contributed by atoms with van der Waals surface area (Å²) in [6.07, 6.45) is 6.04. The third-order valence-electron chi connectivity index (χ3n) is 7.89. The Kier molecular flexibility index (Phi) is 6.71. The Labute approximate surface area is 228 Å². The highest BCUT2D eigenvalue weighted by molar-refractivity contribution is 5.62. The van der Waals surface area contributed by atoms with Crippen molar-refractivity contribution in [3.63, 3.8) is 0 Å². The van der Waals surface area contributed by atoms with Crippen LogP contribution in [0, 0.1) is 5.82 Å². The number of fused-ring (bicyclic) bond motifs is 1. The Hall–Kier alpha value is -3.58. The van der Waals surface area contributed by atoms with E-state index in [-0.39, 0.29) is 32.3 Å². The van der Waals surface area contributed by atoms with E-state index in [2.05, 4.69) is 49.8 Å². The maximum absolute atomic E-state index is 14.8. The van der Waals surface area contributed by atoms with Gasteiger partial charge in [-0.1, -0.05) is 0 Å². The van der Waals surface area contributed by atoms with E-state index in [1.165, 1.54) is 30.8 Å². The van der Waals surface area contributed by atoms with Crippen molar-refractivity contribution in [2.45, 2.75) is 69.7 Å². The summed E-state index contributed by atoms with van der Waals surface area (Å²) in [5.74, 6) is 0.376. The van der Waals surface area contributed by atoms with E-state index in [9.17, 15) is 9.18 Å². The topological polar surface area (TPSA) is 124 Å². The molecule has 3 saturated heterocycles. The minimum atomic E-state index is -0.499. The summed E-state index contributed by atoms with van der Waals surface area (Å²) in [6.45, 7) is 6.75. The van der Waals surface area contributed by atoms with E-state index in [0.717, 1.165) is 30.5 Å². The number of aryl methyl sites for hydroxylation is 1. The fraction of sp³-hybridized carbons (Fsp3) is 0.577. The van der Waals surface area contributed by atoms with Crippen LogP contribution in [0.25, 0.3) is 5.69 Å². The van der Waals surface area contributed by atoms with Crippen LogP contribution in [0.3, 0.4) is 0 Å². The van der Waals surface area contributed by atoms with Gasteiger partial charge in [-0.3, -0.25) is 4.90 Å². The van der Waals surface area contributed by atoms with Gasteiger partial charge in [-0.25, -0.2) is 14.2 Å². The maximum atomic E-state index is 14.8. The maximum Gasteiger partial charge on any atom is 0.368 e. The number of nitrogens with zero attached hydrogens (tertiary/aromatic N) is 7. The third kappa shape index (κ3) is 5.20. The predicted octanol–water partition coefficient (Wildman–Crippen LogP) is 3.12. The van der Waals surface area contributed by atoms with Crippen molar-refractivity contribution in [1.82, 2.24) is 34.7 Å². The first-order chi connectivity index (χ1) is 18.8. The Morgan fingerprint density at radius 3 is 2.90 bits per heavy atom. The van der Waals surface area contributed by atoms with Crippen LogP contribution in [0.2, 0.25) is 0 Å². The number of piperidine rings is 1. The number of halogens is 1. The summed E-state index contributed by atoms with van der Waals surface area (Å²) in [7, 11) is 1.53. The van der Waals surface area contributed by atoms with E-state index >= 15 is 0 Å². The average molecular weight is 544 g/mol. The summed E-state index contributed by atoms with van der Waals surface area (Å²) >= 11 is 0. The number of aromatic nitrogens is 6. The largest absolute Gasteiger partial charge is 0.486 e. The van der Waals surface area contributed by atoms with Gasteiger partial charge in [-0.15, -0.1) is 0 Å². The highest BCUT2D eigenvalue weighted by Crippen LogP contribution is 2.38. The van der Waals surface area contributed by atoms with Crippen molar-refractivity contribution in [2.24, 2.45) is 7.05 Å². The zero-order valence-corrected chi connectivity index (χ0v) is 22.4. The smallest absolute Gasteiger partial charge is 0.368 e. The average Bonchev–Trinajstić information content (AvgIpc) is 3.65. The molecular weight excluding hydrogens is 505 g/mol. The van der Waals surface area contributed by atoms with E-state index in [4.69, 9.17) is 9.47 Å². The van der Waals surface area contributed by atoms with Crippen LogP contribution in [0.4, 0.5) is 21.8 Å². The van der Waals surface area contributed by atoms with E-state index in [1.807, 2.05) is 0 Å². The normalized spacial score (nSPS) is 24.5. The van der Waals surface area contributed by atoms with Crippen molar-refractivity contribution in [2.75, 3.05) is 30.4 Å². The van der Waals surface area contributed by atoms with Crippen LogP contribution in [0.5, 0.6) is 5.75 Å². The van der Waals surface area contributed by atoms with Crippen molar-refractivity contribution in [3.05, 3.63) is 40.7 Å². The van der Waals surface area contributed by atoms with Gasteiger partial charge < -0.3 is 20.1 Å². The van der Waals surface area contributed by atoms with Crippen LogP contribution in [0.1, 0.15) is 48.8 Å². The molecule has 0 amide bonds. The fourth-order valence-corrected chi connectivity index (χ4v) is 6.08. The number of tetrazole rings is 1. The SMILES string of the molecule is Cn1nnn(-c2cc(Nc3ncc(F)c(N[C@@H]4C[C@@H]5CCCN5C(C)(C)C4)n3)ccc2O[C@@H]2CCOC2)c1=O.[HH].[HH]. The lowest BCUT2D eigenvalue weighted by molar-refractivity contribution is 0.0500. The van der Waals surface area contributed by atoms with Gasteiger partial charge in [0.25, 0.3) is 0 Å². The molecule has 3 fully saturated rings. The highest BCUT2D eigenvalue weighted by Gasteiger charge is 2.43. The van der Waals surface area contributed by atoms with Crippen LogP contribution < -0.4 is 21.1 Å². The van der Waals surface area contributed by atoms with Gasteiger partial charge in [0.05, 0.1) is 19.4 Å². The lowest BCUT2D eigenvalue weighted by Crippen LogP contribution is -2.55. The minimum absolute atomic E-state index is 0. The standard InChI is InChI=1S/C26H34FN9O3.2H2/c1-26(2)13-17(11-18-5-4-9-35(18)26)29-23-20(27)14-28-24(31-23)30-16-6-7-22(39-19-8-10-38-15-19)21(12-16)36-25(37)34(3)32-33-36;;/h6-7,12,14,17-19H,4-5,8-11,13,15H2,1-3H3,(H2,28,29,30,31);2*1H/t17-,18+,19-;;/m1../s1. The summed E-state index contributed by atoms with van der Waals surface area (Å²) in [5.41, 5.74) is 0.622. The van der Waals surface area contributed by atoms with Gasteiger partial charge in [0.15, 0.2) is 11.6 Å². The molecule has 0 aliphatic carbocycles. The zero-order valence-electron chi connectivity index (χ0n) is 22.4. The molecule has 3 aliphatic rings. The quantitative estimate of drug-likeness (QED) is 0.459. The van der Waals surface area contributed by atoms with Gasteiger partial charge in [0.1, 0.15) is 17.5 Å². The molecule has 0 spiro atoms. The van der Waals surface area contributed by atoms with Gasteiger partial charge >= 0.3 is 5.69 Å². The molecule has 5 heterocycles. The second-order valence-electron chi connectivity index (χ2n) is 11.2. The molecule has 1 aromatic carbocycles. The number of nitrogens with one attached hydrogen (secondary N) is 2. The van der Waals surface area contributed by atoms with Crippen LogP contribution in [-0.2, 0) is 11.8 Å². The zero-order chi connectivity index (χ0) is 27.1. The van der Waals surface area contributed by atoms with E-state index < -0.39 is 11.5 Å². The molecule has 0 bridgehead atoms. The first-order valence-corrected chi connectivity index (χ1v) is 13.5. The fourth-order valence-electron chi connectivity index (χ4n) is 6.08. The third-order valence-corrected chi connectivity index (χ3v) is 7.89. The van der Waals surface area contributed by atoms with E-state index in [0.29, 0.717) is 36.4 Å². The molecule has 3 atom stereocenters. The number of ether oxygens (including phenoxy) is 2. The van der Waals surface area contributed by atoms with Gasteiger partial charge in [0.2, 0.25) is 5.95 Å². The second kappa shape index (κ2) is 10.2. The molecule has 12 nitrogen and oxygen atoms in total. The molecule has 212 valence electrons. The molecule has 3 aromatic rings. The summed E-state index contributed by atoms with van der Waals surface area (Å²) in [6, 6.07) is 5.86. The second-order valence-corrected chi connectivity index (χ2v) is 11.2. The van der Waals surface area contributed by atoms with Crippen molar-refractivity contribution in [1.29, 1.82) is 0 Å². The van der Waals surface area contributed by atoms with Gasteiger partial charge in [-0.2, -0.15) is 14.3 Å². The summed E-state index contributed by atoms with van der Waals surface area (Å²) < 4.78 is 28.6. The van der Waals surface area contributed by atoms with Crippen LogP contribution >= 0.6 is 0 Å². The number of anilines is 3. The number of hydrogen-bond donors (Lipinski definition) is 2. The summed E-state index contributed by atoms with van der Waals surface area (Å²) in [5, 5.41) is 14.3. The molecule has 0 saturated carbocycles. The van der Waals surface area contributed by atoms with E-state index in [1.54, 1.807) is 18.2 Å². The lowest BCUT2D eigenvalue weighted by atomic mass is 9.84. The van der Waals surface area contributed by atoms with Crippen molar-refractivity contribution >= 4 is 17.5 Å². The van der Waals surface area contributed by atoms with Crippen molar-refractivity contribution in [3.8, 4) is 11.4 Å². The first-order valence-electron chi connectivity index (χ1n) is 13.5. The van der Waals surface area contributed by atoms with Crippen molar-refractivity contribution < 1.29 is 16.7 Å². The lowest BCUT2D eigenvalue weighted by Gasteiger charge is -2.47. The first kappa shape index (κ1) is 25.7.